The van der Waals surface area contributed by atoms with Gasteiger partial charge < -0.3 is 14.5 Å². The lowest BCUT2D eigenvalue weighted by atomic mass is 10.0. The molecule has 21 heavy (non-hydrogen) atoms. The predicted molar refractivity (Wildman–Crippen MR) is 80.8 cm³/mol. The van der Waals surface area contributed by atoms with Crippen molar-refractivity contribution in [2.24, 2.45) is 0 Å². The van der Waals surface area contributed by atoms with Crippen LogP contribution in [0.25, 0.3) is 11.0 Å². The summed E-state index contributed by atoms with van der Waals surface area (Å²) in [5.74, 6) is 0.639. The fraction of sp³-hybridized carbons (Fsp3) is 0.529. The summed E-state index contributed by atoms with van der Waals surface area (Å²) in [5.41, 5.74) is 0.737. The summed E-state index contributed by atoms with van der Waals surface area (Å²) in [6, 6.07) is 6.71. The van der Waals surface area contributed by atoms with Crippen molar-refractivity contribution < 1.29 is 13.5 Å². The molecule has 0 radical (unpaired) electrons. The van der Waals surface area contributed by atoms with Crippen molar-refractivity contribution in [1.29, 1.82) is 0 Å². The Bertz CT molecular complexity index is 589. The van der Waals surface area contributed by atoms with E-state index in [2.05, 4.69) is 5.32 Å². The third kappa shape index (κ3) is 3.44. The van der Waals surface area contributed by atoms with Gasteiger partial charge in [-0.25, -0.2) is 4.39 Å². The maximum Gasteiger partial charge on any atom is 0.134 e. The second-order valence-electron chi connectivity index (χ2n) is 5.74. The average Bonchev–Trinajstić information content (AvgIpc) is 2.92. The Hall–Kier alpha value is -1.39. The van der Waals surface area contributed by atoms with E-state index >= 15 is 0 Å². The van der Waals surface area contributed by atoms with Crippen LogP contribution in [0.5, 0.6) is 0 Å². The van der Waals surface area contributed by atoms with Gasteiger partial charge >= 0.3 is 0 Å². The molecule has 4 heteroatoms. The highest BCUT2D eigenvalue weighted by Gasteiger charge is 2.19. The van der Waals surface area contributed by atoms with E-state index in [0.717, 1.165) is 42.6 Å². The number of nitrogens with one attached hydrogen (secondary N) is 1. The highest BCUT2D eigenvalue weighted by atomic mass is 19.1. The summed E-state index contributed by atoms with van der Waals surface area (Å²) in [4.78, 5) is 0. The molecule has 0 amide bonds. The zero-order chi connectivity index (χ0) is 14.7. The van der Waals surface area contributed by atoms with Gasteiger partial charge in [0.2, 0.25) is 0 Å². The first-order valence-electron chi connectivity index (χ1n) is 7.74. The fourth-order valence-corrected chi connectivity index (χ4v) is 3.02. The molecule has 2 unspecified atom stereocenters. The van der Waals surface area contributed by atoms with Crippen LogP contribution in [0.4, 0.5) is 4.39 Å². The van der Waals surface area contributed by atoms with Crippen LogP contribution in [-0.4, -0.2) is 19.8 Å². The number of halogens is 1. The summed E-state index contributed by atoms with van der Waals surface area (Å²) < 4.78 is 24.9. The summed E-state index contributed by atoms with van der Waals surface area (Å²) in [5, 5.41) is 4.11. The molecule has 2 heterocycles. The summed E-state index contributed by atoms with van der Waals surface area (Å²) in [6.07, 6.45) is 5.96. The largest absolute Gasteiger partial charge is 0.459 e. The molecule has 114 valence electrons. The molecule has 1 fully saturated rings. The Kier molecular flexibility index (Phi) is 4.56. The minimum atomic E-state index is -0.230. The van der Waals surface area contributed by atoms with Gasteiger partial charge in [-0.1, -0.05) is 0 Å². The van der Waals surface area contributed by atoms with E-state index in [-0.39, 0.29) is 11.9 Å². The lowest BCUT2D eigenvalue weighted by Crippen LogP contribution is -2.22. The van der Waals surface area contributed by atoms with Gasteiger partial charge in [0.25, 0.3) is 0 Å². The van der Waals surface area contributed by atoms with Gasteiger partial charge in [-0.05, 0) is 63.4 Å². The maximum atomic E-state index is 13.2. The van der Waals surface area contributed by atoms with Crippen molar-refractivity contribution in [1.82, 2.24) is 5.32 Å². The first kappa shape index (κ1) is 14.5. The molecule has 1 saturated heterocycles. The van der Waals surface area contributed by atoms with E-state index in [1.54, 1.807) is 6.07 Å². The summed E-state index contributed by atoms with van der Waals surface area (Å²) in [7, 11) is 1.93. The quantitative estimate of drug-likeness (QED) is 0.897. The second kappa shape index (κ2) is 6.58. The highest BCUT2D eigenvalue weighted by Crippen LogP contribution is 2.28. The molecule has 2 aromatic rings. The standard InChI is InChI=1S/C17H22FNO2/c1-19-15(7-6-14-4-2-3-9-20-14)17-11-12-10-13(18)5-8-16(12)21-17/h5,8,10-11,14-15,19H,2-4,6-7,9H2,1H3. The number of hydrogen-bond donors (Lipinski definition) is 1. The number of furan rings is 1. The van der Waals surface area contributed by atoms with Crippen molar-refractivity contribution in [2.75, 3.05) is 13.7 Å². The zero-order valence-corrected chi connectivity index (χ0v) is 12.4. The minimum absolute atomic E-state index is 0.144. The molecule has 0 bridgehead atoms. The monoisotopic (exact) mass is 291 g/mol. The van der Waals surface area contributed by atoms with Crippen molar-refractivity contribution in [3.05, 3.63) is 35.8 Å². The Balaban J connectivity index is 1.68. The number of ether oxygens (including phenoxy) is 1. The molecule has 0 spiro atoms. The summed E-state index contributed by atoms with van der Waals surface area (Å²) in [6.45, 7) is 0.888. The zero-order valence-electron chi connectivity index (χ0n) is 12.4. The van der Waals surface area contributed by atoms with Gasteiger partial charge in [0, 0.05) is 12.0 Å². The lowest BCUT2D eigenvalue weighted by Gasteiger charge is -2.24. The second-order valence-corrected chi connectivity index (χ2v) is 5.74. The van der Waals surface area contributed by atoms with Gasteiger partial charge in [-0.2, -0.15) is 0 Å². The number of hydrogen-bond acceptors (Lipinski definition) is 3. The predicted octanol–water partition coefficient (Wildman–Crippen LogP) is 4.18. The molecule has 1 aliphatic heterocycles. The van der Waals surface area contributed by atoms with Gasteiger partial charge in [-0.15, -0.1) is 0 Å². The summed E-state index contributed by atoms with van der Waals surface area (Å²) >= 11 is 0. The number of fused-ring (bicyclic) bond motifs is 1. The number of benzene rings is 1. The first-order valence-corrected chi connectivity index (χ1v) is 7.74. The molecule has 1 N–H and O–H groups in total. The van der Waals surface area contributed by atoms with E-state index in [4.69, 9.17) is 9.15 Å². The molecule has 1 aromatic heterocycles. The van der Waals surface area contributed by atoms with E-state index in [9.17, 15) is 4.39 Å². The van der Waals surface area contributed by atoms with Gasteiger partial charge in [0.1, 0.15) is 17.2 Å². The fourth-order valence-electron chi connectivity index (χ4n) is 3.02. The molecular formula is C17H22FNO2. The molecular weight excluding hydrogens is 269 g/mol. The molecule has 0 saturated carbocycles. The smallest absolute Gasteiger partial charge is 0.134 e. The molecule has 1 aliphatic rings. The minimum Gasteiger partial charge on any atom is -0.459 e. The third-order valence-corrected chi connectivity index (χ3v) is 4.24. The normalized spacial score (nSPS) is 20.8. The third-order valence-electron chi connectivity index (χ3n) is 4.24. The van der Waals surface area contributed by atoms with E-state index in [1.165, 1.54) is 25.0 Å². The van der Waals surface area contributed by atoms with E-state index in [0.29, 0.717) is 6.10 Å². The van der Waals surface area contributed by atoms with E-state index < -0.39 is 0 Å². The molecule has 2 atom stereocenters. The Morgan fingerprint density at radius 1 is 1.33 bits per heavy atom. The molecule has 3 rings (SSSR count). The Labute approximate surface area is 124 Å². The van der Waals surface area contributed by atoms with Crippen LogP contribution in [0.1, 0.15) is 43.9 Å². The van der Waals surface area contributed by atoms with Crippen LogP contribution in [-0.2, 0) is 4.74 Å². The van der Waals surface area contributed by atoms with Crippen LogP contribution >= 0.6 is 0 Å². The van der Waals surface area contributed by atoms with Gasteiger partial charge in [0.05, 0.1) is 12.1 Å². The molecule has 3 nitrogen and oxygen atoms in total. The van der Waals surface area contributed by atoms with Gasteiger partial charge in [-0.3, -0.25) is 0 Å². The van der Waals surface area contributed by atoms with Gasteiger partial charge in [0.15, 0.2) is 0 Å². The van der Waals surface area contributed by atoms with Crippen molar-refractivity contribution in [3.8, 4) is 0 Å². The molecule has 1 aromatic carbocycles. The van der Waals surface area contributed by atoms with Crippen molar-refractivity contribution in [3.63, 3.8) is 0 Å². The topological polar surface area (TPSA) is 34.4 Å². The lowest BCUT2D eigenvalue weighted by molar-refractivity contribution is 0.00836. The Morgan fingerprint density at radius 2 is 2.24 bits per heavy atom. The van der Waals surface area contributed by atoms with Crippen LogP contribution in [0.15, 0.2) is 28.7 Å². The number of rotatable bonds is 5. The van der Waals surface area contributed by atoms with Crippen LogP contribution in [0.2, 0.25) is 0 Å². The first-order chi connectivity index (χ1) is 10.3. The maximum absolute atomic E-state index is 13.2. The van der Waals surface area contributed by atoms with Crippen LogP contribution < -0.4 is 5.32 Å². The van der Waals surface area contributed by atoms with Crippen LogP contribution in [0.3, 0.4) is 0 Å². The van der Waals surface area contributed by atoms with Crippen molar-refractivity contribution >= 4 is 11.0 Å². The van der Waals surface area contributed by atoms with Crippen molar-refractivity contribution in [2.45, 2.75) is 44.2 Å². The molecule has 0 aliphatic carbocycles. The highest BCUT2D eigenvalue weighted by molar-refractivity contribution is 5.78. The van der Waals surface area contributed by atoms with E-state index in [1.807, 2.05) is 13.1 Å². The SMILES string of the molecule is CNC(CCC1CCCCO1)c1cc2cc(F)ccc2o1. The Morgan fingerprint density at radius 3 is 3.00 bits per heavy atom. The van der Waals surface area contributed by atoms with Crippen LogP contribution in [0, 0.1) is 5.82 Å². The average molecular weight is 291 g/mol.